The van der Waals surface area contributed by atoms with Crippen molar-refractivity contribution < 1.29 is 19.2 Å². The highest BCUT2D eigenvalue weighted by molar-refractivity contribution is 6.12. The van der Waals surface area contributed by atoms with Crippen LogP contribution in [0, 0.1) is 0 Å². The number of carbonyl (C=O) groups is 1. The molecule has 0 saturated carbocycles. The van der Waals surface area contributed by atoms with Crippen molar-refractivity contribution in [1.82, 2.24) is 0 Å². The smallest absolute Gasteiger partial charge is 0.337 e. The molecule has 0 amide bonds. The number of rotatable bonds is 6. The minimum absolute atomic E-state index is 0.338. The SMILES string of the molecule is C[n+]1c2ccccc2c(C(=O)O)c2ccc(C=Cc3ccc(OCc4ccccc4)cc3)cc21. The Labute approximate surface area is 198 Å². The van der Waals surface area contributed by atoms with Gasteiger partial charge in [-0.1, -0.05) is 72.8 Å². The lowest BCUT2D eigenvalue weighted by Crippen LogP contribution is -2.31. The van der Waals surface area contributed by atoms with E-state index in [4.69, 9.17) is 4.74 Å². The second-order valence-electron chi connectivity index (χ2n) is 8.21. The first kappa shape index (κ1) is 21.4. The summed E-state index contributed by atoms with van der Waals surface area (Å²) >= 11 is 0. The van der Waals surface area contributed by atoms with E-state index in [-0.39, 0.29) is 0 Å². The third-order valence-corrected chi connectivity index (χ3v) is 6.00. The van der Waals surface area contributed by atoms with Gasteiger partial charge in [-0.15, -0.1) is 0 Å². The van der Waals surface area contributed by atoms with Crippen LogP contribution in [0.3, 0.4) is 0 Å². The van der Waals surface area contributed by atoms with Gasteiger partial charge in [0.15, 0.2) is 0 Å². The predicted molar refractivity (Wildman–Crippen MR) is 136 cm³/mol. The van der Waals surface area contributed by atoms with Crippen molar-refractivity contribution in [3.05, 3.63) is 119 Å². The van der Waals surface area contributed by atoms with Crippen LogP contribution < -0.4 is 9.30 Å². The van der Waals surface area contributed by atoms with Gasteiger partial charge in [0.1, 0.15) is 19.4 Å². The zero-order valence-electron chi connectivity index (χ0n) is 18.8. The molecule has 4 heteroatoms. The molecule has 0 spiro atoms. The third-order valence-electron chi connectivity index (χ3n) is 6.00. The molecular weight excluding hydrogens is 422 g/mol. The van der Waals surface area contributed by atoms with E-state index in [1.165, 1.54) is 0 Å². The maximum absolute atomic E-state index is 12.1. The van der Waals surface area contributed by atoms with Crippen LogP contribution in [0.4, 0.5) is 0 Å². The fourth-order valence-corrected chi connectivity index (χ4v) is 4.23. The van der Waals surface area contributed by atoms with Gasteiger partial charge in [-0.25, -0.2) is 4.79 Å². The average Bonchev–Trinajstić information content (AvgIpc) is 2.87. The molecule has 4 nitrogen and oxygen atoms in total. The normalized spacial score (nSPS) is 11.3. The highest BCUT2D eigenvalue weighted by Crippen LogP contribution is 2.26. The maximum atomic E-state index is 12.1. The summed E-state index contributed by atoms with van der Waals surface area (Å²) in [5.41, 5.74) is 5.29. The average molecular weight is 447 g/mol. The molecule has 0 aliphatic rings. The number of para-hydroxylation sites is 1. The largest absolute Gasteiger partial charge is 0.489 e. The van der Waals surface area contributed by atoms with Crippen molar-refractivity contribution in [2.75, 3.05) is 0 Å². The molecule has 0 saturated heterocycles. The number of fused-ring (bicyclic) bond motifs is 2. The fourth-order valence-electron chi connectivity index (χ4n) is 4.23. The van der Waals surface area contributed by atoms with Crippen molar-refractivity contribution in [3.63, 3.8) is 0 Å². The Kier molecular flexibility index (Phi) is 5.79. The Hall–Kier alpha value is -4.44. The molecule has 0 atom stereocenters. The number of pyridine rings is 1. The van der Waals surface area contributed by atoms with Crippen LogP contribution >= 0.6 is 0 Å². The van der Waals surface area contributed by atoms with Gasteiger partial charge < -0.3 is 9.84 Å². The van der Waals surface area contributed by atoms with E-state index in [0.29, 0.717) is 12.2 Å². The number of benzene rings is 4. The summed E-state index contributed by atoms with van der Waals surface area (Å²) in [5, 5.41) is 11.4. The molecule has 34 heavy (non-hydrogen) atoms. The van der Waals surface area contributed by atoms with Crippen LogP contribution in [0.5, 0.6) is 5.75 Å². The Morgan fingerprint density at radius 3 is 2.21 bits per heavy atom. The topological polar surface area (TPSA) is 50.4 Å². The number of aromatic carboxylic acids is 1. The van der Waals surface area contributed by atoms with Crippen LogP contribution in [0.15, 0.2) is 97.1 Å². The lowest BCUT2D eigenvalue weighted by molar-refractivity contribution is -0.617. The Morgan fingerprint density at radius 2 is 1.44 bits per heavy atom. The van der Waals surface area contributed by atoms with Crippen LogP contribution in [0.25, 0.3) is 34.0 Å². The molecule has 1 N–H and O–H groups in total. The summed E-state index contributed by atoms with van der Waals surface area (Å²) < 4.78 is 7.91. The number of hydrogen-bond donors (Lipinski definition) is 1. The van der Waals surface area contributed by atoms with E-state index in [1.54, 1.807) is 0 Å². The van der Waals surface area contributed by atoms with Gasteiger partial charge in [0.25, 0.3) is 0 Å². The fraction of sp³-hybridized carbons (Fsp3) is 0.0667. The molecule has 4 aromatic carbocycles. The van der Waals surface area contributed by atoms with E-state index in [1.807, 2.05) is 121 Å². The standard InChI is InChI=1S/C30H23NO3/c1-31-27-10-6-5-9-25(27)29(30(32)33)26-18-15-22(19-28(26)31)12-11-21-13-16-24(17-14-21)34-20-23-7-3-2-4-8-23/h2-19H,20H2,1H3/p+1. The van der Waals surface area contributed by atoms with Gasteiger partial charge in [0, 0.05) is 12.1 Å². The summed E-state index contributed by atoms with van der Waals surface area (Å²) in [5.74, 6) is -0.0912. The van der Waals surface area contributed by atoms with Crippen LogP contribution in [-0.4, -0.2) is 11.1 Å². The van der Waals surface area contributed by atoms with E-state index in [2.05, 4.69) is 0 Å². The highest BCUT2D eigenvalue weighted by atomic mass is 16.5. The van der Waals surface area contributed by atoms with Crippen molar-refractivity contribution >= 4 is 39.9 Å². The number of aryl methyl sites for hydroxylation is 1. The molecule has 5 aromatic rings. The molecule has 5 rings (SSSR count). The number of carboxylic acids is 1. The summed E-state index contributed by atoms with van der Waals surface area (Å²) in [6.45, 7) is 0.539. The molecule has 1 aromatic heterocycles. The predicted octanol–water partition coefficient (Wildman–Crippen LogP) is 6.27. The molecule has 0 radical (unpaired) electrons. The van der Waals surface area contributed by atoms with Gasteiger partial charge in [-0.05, 0) is 41.0 Å². The van der Waals surface area contributed by atoms with Gasteiger partial charge in [0.2, 0.25) is 11.0 Å². The molecule has 0 unspecified atom stereocenters. The first-order chi connectivity index (χ1) is 16.6. The van der Waals surface area contributed by atoms with Crippen molar-refractivity contribution in [2.24, 2.45) is 7.05 Å². The molecule has 0 fully saturated rings. The Morgan fingerprint density at radius 1 is 0.794 bits per heavy atom. The molecule has 166 valence electrons. The van der Waals surface area contributed by atoms with E-state index >= 15 is 0 Å². The minimum Gasteiger partial charge on any atom is -0.489 e. The lowest BCUT2D eigenvalue weighted by Gasteiger charge is -2.08. The van der Waals surface area contributed by atoms with E-state index < -0.39 is 5.97 Å². The number of ether oxygens (including phenoxy) is 1. The highest BCUT2D eigenvalue weighted by Gasteiger charge is 2.21. The maximum Gasteiger partial charge on any atom is 0.337 e. The van der Waals surface area contributed by atoms with Crippen molar-refractivity contribution in [1.29, 1.82) is 0 Å². The molecule has 0 aliphatic carbocycles. The summed E-state index contributed by atoms with van der Waals surface area (Å²) in [6.07, 6.45) is 4.08. The molecule has 0 aliphatic heterocycles. The number of aromatic nitrogens is 1. The zero-order valence-corrected chi connectivity index (χ0v) is 18.8. The van der Waals surface area contributed by atoms with Crippen LogP contribution in [-0.2, 0) is 13.7 Å². The van der Waals surface area contributed by atoms with Gasteiger partial charge in [0.05, 0.1) is 16.3 Å². The zero-order chi connectivity index (χ0) is 23.5. The Balaban J connectivity index is 1.40. The van der Waals surface area contributed by atoms with Crippen molar-refractivity contribution in [2.45, 2.75) is 6.61 Å². The third kappa shape index (κ3) is 4.26. The summed E-state index contributed by atoms with van der Waals surface area (Å²) in [6, 6.07) is 31.6. The lowest BCUT2D eigenvalue weighted by atomic mass is 10.0. The number of hydrogen-bond acceptors (Lipinski definition) is 2. The quantitative estimate of drug-likeness (QED) is 0.190. The monoisotopic (exact) mass is 446 g/mol. The summed E-state index contributed by atoms with van der Waals surface area (Å²) in [7, 11) is 1.97. The Bertz CT molecular complexity index is 1520. The van der Waals surface area contributed by atoms with Gasteiger partial charge >= 0.3 is 5.97 Å². The van der Waals surface area contributed by atoms with Crippen LogP contribution in [0.1, 0.15) is 27.0 Å². The van der Waals surface area contributed by atoms with Crippen molar-refractivity contribution in [3.8, 4) is 5.75 Å². The first-order valence-electron chi connectivity index (χ1n) is 11.1. The first-order valence-corrected chi connectivity index (χ1v) is 11.1. The minimum atomic E-state index is -0.917. The molecule has 1 heterocycles. The number of carboxylic acid groups (broad SMARTS) is 1. The summed E-state index contributed by atoms with van der Waals surface area (Å²) in [4.78, 5) is 12.1. The van der Waals surface area contributed by atoms with E-state index in [0.717, 1.165) is 44.2 Å². The van der Waals surface area contributed by atoms with Crippen LogP contribution in [0.2, 0.25) is 0 Å². The second-order valence-corrected chi connectivity index (χ2v) is 8.21. The molecular formula is C30H24NO3+. The second kappa shape index (κ2) is 9.20. The van der Waals surface area contributed by atoms with Gasteiger partial charge in [-0.3, -0.25) is 0 Å². The molecule has 0 bridgehead atoms. The van der Waals surface area contributed by atoms with E-state index in [9.17, 15) is 9.90 Å². The number of nitrogens with zero attached hydrogens (tertiary/aromatic N) is 1. The van der Waals surface area contributed by atoms with Gasteiger partial charge in [-0.2, -0.15) is 4.57 Å².